The molecular weight excluding hydrogens is 346 g/mol. The van der Waals surface area contributed by atoms with Crippen molar-refractivity contribution in [3.05, 3.63) is 63.1 Å². The zero-order chi connectivity index (χ0) is 13.8. The van der Waals surface area contributed by atoms with E-state index in [4.69, 9.17) is 34.3 Å². The molecule has 2 N–H and O–H groups in total. The van der Waals surface area contributed by atoms with Crippen LogP contribution in [-0.4, -0.2) is 4.99 Å². The van der Waals surface area contributed by atoms with E-state index in [9.17, 15) is 0 Å². The zero-order valence-electron chi connectivity index (χ0n) is 9.90. The van der Waals surface area contributed by atoms with E-state index < -0.39 is 0 Å². The van der Waals surface area contributed by atoms with Crippen molar-refractivity contribution in [2.75, 3.05) is 0 Å². The number of halogens is 2. The molecule has 2 nitrogen and oxygen atoms in total. The summed E-state index contributed by atoms with van der Waals surface area (Å²) in [4.78, 5) is 0.301. The van der Waals surface area contributed by atoms with Crippen LogP contribution in [-0.2, 0) is 6.61 Å². The molecule has 0 aromatic heterocycles. The molecule has 19 heavy (non-hydrogen) atoms. The molecule has 0 saturated heterocycles. The van der Waals surface area contributed by atoms with E-state index in [-0.39, 0.29) is 0 Å². The summed E-state index contributed by atoms with van der Waals surface area (Å²) in [7, 11) is 0. The lowest BCUT2D eigenvalue weighted by molar-refractivity contribution is 0.306. The van der Waals surface area contributed by atoms with Crippen LogP contribution >= 0.6 is 39.7 Å². The summed E-state index contributed by atoms with van der Waals surface area (Å²) < 4.78 is 6.65. The van der Waals surface area contributed by atoms with Gasteiger partial charge in [-0.05, 0) is 24.3 Å². The van der Waals surface area contributed by atoms with E-state index in [0.717, 1.165) is 10.0 Å². The van der Waals surface area contributed by atoms with Gasteiger partial charge in [0.25, 0.3) is 0 Å². The van der Waals surface area contributed by atoms with Gasteiger partial charge in [-0.3, -0.25) is 0 Å². The van der Waals surface area contributed by atoms with Gasteiger partial charge in [-0.15, -0.1) is 0 Å². The molecule has 0 aliphatic rings. The highest BCUT2D eigenvalue weighted by Gasteiger charge is 2.08. The van der Waals surface area contributed by atoms with Gasteiger partial charge >= 0.3 is 0 Å². The van der Waals surface area contributed by atoms with Crippen molar-refractivity contribution in [1.29, 1.82) is 0 Å². The second-order valence-electron chi connectivity index (χ2n) is 3.88. The third kappa shape index (κ3) is 3.69. The van der Waals surface area contributed by atoms with Crippen LogP contribution in [0.4, 0.5) is 0 Å². The first-order valence-corrected chi connectivity index (χ1v) is 7.11. The zero-order valence-corrected chi connectivity index (χ0v) is 13.1. The number of rotatable bonds is 4. The van der Waals surface area contributed by atoms with Crippen LogP contribution in [0, 0.1) is 0 Å². The van der Waals surface area contributed by atoms with Gasteiger partial charge < -0.3 is 10.5 Å². The van der Waals surface area contributed by atoms with Crippen LogP contribution < -0.4 is 10.5 Å². The summed E-state index contributed by atoms with van der Waals surface area (Å²) in [5, 5.41) is 0.677. The Hall–Kier alpha value is -1.10. The highest BCUT2D eigenvalue weighted by atomic mass is 79.9. The van der Waals surface area contributed by atoms with Crippen molar-refractivity contribution < 1.29 is 4.74 Å². The van der Waals surface area contributed by atoms with Crippen LogP contribution in [0.25, 0.3) is 0 Å². The third-order valence-corrected chi connectivity index (χ3v) is 3.63. The van der Waals surface area contributed by atoms with E-state index in [0.29, 0.717) is 27.9 Å². The van der Waals surface area contributed by atoms with Gasteiger partial charge in [-0.1, -0.05) is 57.9 Å². The molecule has 98 valence electrons. The molecular formula is C14H11BrClNOS. The van der Waals surface area contributed by atoms with Crippen molar-refractivity contribution in [2.45, 2.75) is 6.61 Å². The van der Waals surface area contributed by atoms with E-state index in [1.807, 2.05) is 42.5 Å². The standard InChI is InChI=1S/C14H11BrClNOS/c15-10-5-6-13(11(7-10)14(17)19)18-8-9-3-1-2-4-12(9)16/h1-7H,8H2,(H2,17,19). The number of hydrogen-bond donors (Lipinski definition) is 1. The number of hydrogen-bond acceptors (Lipinski definition) is 2. The minimum Gasteiger partial charge on any atom is -0.488 e. The van der Waals surface area contributed by atoms with Gasteiger partial charge in [0, 0.05) is 15.1 Å². The second kappa shape index (κ2) is 6.37. The Morgan fingerprint density at radius 1 is 1.26 bits per heavy atom. The monoisotopic (exact) mass is 355 g/mol. The molecule has 0 aliphatic heterocycles. The molecule has 0 spiro atoms. The average molecular weight is 357 g/mol. The van der Waals surface area contributed by atoms with E-state index >= 15 is 0 Å². The first kappa shape index (κ1) is 14.3. The van der Waals surface area contributed by atoms with Crippen molar-refractivity contribution in [2.24, 2.45) is 5.73 Å². The fraction of sp³-hybridized carbons (Fsp3) is 0.0714. The van der Waals surface area contributed by atoms with Crippen LogP contribution in [0.5, 0.6) is 5.75 Å². The molecule has 0 bridgehead atoms. The third-order valence-electron chi connectivity index (χ3n) is 2.55. The van der Waals surface area contributed by atoms with Gasteiger partial charge in [0.1, 0.15) is 17.3 Å². The predicted molar refractivity (Wildman–Crippen MR) is 85.8 cm³/mol. The Balaban J connectivity index is 2.20. The summed E-state index contributed by atoms with van der Waals surface area (Å²) >= 11 is 14.5. The molecule has 0 aliphatic carbocycles. The smallest absolute Gasteiger partial charge is 0.130 e. The van der Waals surface area contributed by atoms with Gasteiger partial charge in [0.15, 0.2) is 0 Å². The lowest BCUT2D eigenvalue weighted by Crippen LogP contribution is -2.11. The quantitative estimate of drug-likeness (QED) is 0.829. The largest absolute Gasteiger partial charge is 0.488 e. The fourth-order valence-electron chi connectivity index (χ4n) is 1.59. The Morgan fingerprint density at radius 3 is 2.68 bits per heavy atom. The lowest BCUT2D eigenvalue weighted by Gasteiger charge is -2.12. The number of benzene rings is 2. The van der Waals surface area contributed by atoms with Crippen LogP contribution in [0.15, 0.2) is 46.9 Å². The summed E-state index contributed by atoms with van der Waals surface area (Å²) in [6, 6.07) is 13.1. The molecule has 0 heterocycles. The van der Waals surface area contributed by atoms with Crippen molar-refractivity contribution in [3.63, 3.8) is 0 Å². The second-order valence-corrected chi connectivity index (χ2v) is 5.65. The molecule has 2 rings (SSSR count). The maximum Gasteiger partial charge on any atom is 0.130 e. The SMILES string of the molecule is NC(=S)c1cc(Br)ccc1OCc1ccccc1Cl. The molecule has 0 unspecified atom stereocenters. The van der Waals surface area contributed by atoms with E-state index in [2.05, 4.69) is 15.9 Å². The Bertz CT molecular complexity index is 618. The molecule has 0 saturated carbocycles. The van der Waals surface area contributed by atoms with Crippen LogP contribution in [0.2, 0.25) is 5.02 Å². The van der Waals surface area contributed by atoms with Crippen LogP contribution in [0.1, 0.15) is 11.1 Å². The normalized spacial score (nSPS) is 10.2. The first-order chi connectivity index (χ1) is 9.08. The fourth-order valence-corrected chi connectivity index (χ4v) is 2.30. The number of nitrogens with two attached hydrogens (primary N) is 1. The van der Waals surface area contributed by atoms with Gasteiger partial charge in [0.2, 0.25) is 0 Å². The maximum atomic E-state index is 6.08. The minimum atomic E-state index is 0.301. The molecule has 5 heteroatoms. The average Bonchev–Trinajstić information content (AvgIpc) is 2.38. The molecule has 0 fully saturated rings. The van der Waals surface area contributed by atoms with Gasteiger partial charge in [-0.25, -0.2) is 0 Å². The summed E-state index contributed by atoms with van der Waals surface area (Å²) in [5.74, 6) is 0.649. The predicted octanol–water partition coefficient (Wildman–Crippen LogP) is 4.32. The topological polar surface area (TPSA) is 35.2 Å². The molecule has 0 radical (unpaired) electrons. The highest BCUT2D eigenvalue weighted by Crippen LogP contribution is 2.25. The van der Waals surface area contributed by atoms with Crippen molar-refractivity contribution >= 4 is 44.7 Å². The molecule has 0 atom stereocenters. The summed E-state index contributed by atoms with van der Waals surface area (Å²) in [6.45, 7) is 0.372. The van der Waals surface area contributed by atoms with Crippen molar-refractivity contribution in [1.82, 2.24) is 0 Å². The summed E-state index contributed by atoms with van der Waals surface area (Å²) in [6.07, 6.45) is 0. The van der Waals surface area contributed by atoms with E-state index in [1.54, 1.807) is 0 Å². The Labute approximate surface area is 130 Å². The van der Waals surface area contributed by atoms with Gasteiger partial charge in [-0.2, -0.15) is 0 Å². The van der Waals surface area contributed by atoms with Crippen LogP contribution in [0.3, 0.4) is 0 Å². The van der Waals surface area contributed by atoms with Gasteiger partial charge in [0.05, 0.1) is 5.56 Å². The molecule has 2 aromatic carbocycles. The number of thiocarbonyl (C=S) groups is 1. The molecule has 2 aromatic rings. The first-order valence-electron chi connectivity index (χ1n) is 5.53. The summed E-state index contributed by atoms with van der Waals surface area (Å²) in [5.41, 5.74) is 7.31. The minimum absolute atomic E-state index is 0.301. The van der Waals surface area contributed by atoms with Crippen molar-refractivity contribution in [3.8, 4) is 5.75 Å². The van der Waals surface area contributed by atoms with E-state index in [1.165, 1.54) is 0 Å². The Morgan fingerprint density at radius 2 is 2.00 bits per heavy atom. The Kier molecular flexibility index (Phi) is 4.80. The lowest BCUT2D eigenvalue weighted by atomic mass is 10.2. The maximum absolute atomic E-state index is 6.08. The molecule has 0 amide bonds. The number of ether oxygens (including phenoxy) is 1. The highest BCUT2D eigenvalue weighted by molar-refractivity contribution is 9.10.